The fourth-order valence-corrected chi connectivity index (χ4v) is 2.29. The third-order valence-corrected chi connectivity index (χ3v) is 4.75. The van der Waals surface area contributed by atoms with Crippen LogP contribution in [0.25, 0.3) is 0 Å². The van der Waals surface area contributed by atoms with Crippen molar-refractivity contribution in [3.05, 3.63) is 53.6 Å². The second-order valence-electron chi connectivity index (χ2n) is 3.51. The Bertz CT molecular complexity index is 654. The van der Waals surface area contributed by atoms with E-state index in [9.17, 15) is 10.1 Å². The van der Waals surface area contributed by atoms with E-state index in [2.05, 4.69) is 48.8 Å². The first-order valence-electron chi connectivity index (χ1n) is 5.00. The second kappa shape index (κ2) is 6.02. The topological polar surface area (TPSA) is 68.1 Å². The molecule has 1 N–H and O–H groups in total. The lowest BCUT2D eigenvalue weighted by Gasteiger charge is -2.07. The number of rotatable bonds is 3. The molecule has 0 radical (unpaired) electrons. The van der Waals surface area contributed by atoms with Crippen LogP contribution in [-0.4, -0.2) is 9.91 Å². The molecule has 0 spiro atoms. The van der Waals surface area contributed by atoms with Crippen molar-refractivity contribution >= 4 is 67.3 Å². The van der Waals surface area contributed by atoms with Gasteiger partial charge in [0.25, 0.3) is 0 Å². The van der Waals surface area contributed by atoms with Crippen molar-refractivity contribution in [1.82, 2.24) is 4.98 Å². The molecule has 0 bridgehead atoms. The van der Waals surface area contributed by atoms with Gasteiger partial charge in [0.15, 0.2) is 0 Å². The van der Waals surface area contributed by atoms with Crippen molar-refractivity contribution < 1.29 is 4.92 Å². The fourth-order valence-electron chi connectivity index (χ4n) is 1.38. The van der Waals surface area contributed by atoms with Gasteiger partial charge >= 0.3 is 5.69 Å². The maximum atomic E-state index is 10.9. The number of nitrogens with one attached hydrogen (secondary N) is 1. The number of nitrogens with zero attached hydrogens (tertiary/aromatic N) is 2. The van der Waals surface area contributed by atoms with Crippen LogP contribution in [0.1, 0.15) is 0 Å². The Kier molecular flexibility index (Phi) is 4.58. The molecular weight excluding hydrogens is 448 g/mol. The van der Waals surface area contributed by atoms with E-state index in [0.29, 0.717) is 5.69 Å². The molecule has 0 fully saturated rings. The van der Waals surface area contributed by atoms with Crippen LogP contribution in [0.3, 0.4) is 0 Å². The smallest absolute Gasteiger partial charge is 0.311 e. The van der Waals surface area contributed by atoms with Crippen LogP contribution in [0.2, 0.25) is 5.15 Å². The van der Waals surface area contributed by atoms with E-state index in [1.807, 2.05) is 12.1 Å². The minimum atomic E-state index is -0.504. The van der Waals surface area contributed by atoms with Crippen molar-refractivity contribution in [3.63, 3.8) is 0 Å². The minimum absolute atomic E-state index is 0.121. The molecule has 2 rings (SSSR count). The molecule has 1 aromatic carbocycles. The van der Waals surface area contributed by atoms with E-state index in [4.69, 9.17) is 11.6 Å². The van der Waals surface area contributed by atoms with E-state index in [1.54, 1.807) is 6.07 Å². The average Bonchev–Trinajstić information content (AvgIpc) is 2.33. The molecule has 8 heteroatoms. The van der Waals surface area contributed by atoms with Gasteiger partial charge in [-0.1, -0.05) is 11.6 Å². The summed E-state index contributed by atoms with van der Waals surface area (Å²) >= 11 is 11.3. The number of hydrogen-bond acceptors (Lipinski definition) is 4. The molecule has 19 heavy (non-hydrogen) atoms. The van der Waals surface area contributed by atoms with Gasteiger partial charge in [-0.05, 0) is 62.8 Å². The first-order chi connectivity index (χ1) is 8.97. The van der Waals surface area contributed by atoms with E-state index in [0.717, 1.165) is 8.04 Å². The second-order valence-corrected chi connectivity index (χ2v) is 5.92. The summed E-state index contributed by atoms with van der Waals surface area (Å²) in [6.45, 7) is 0. The highest BCUT2D eigenvalue weighted by atomic mass is 127. The van der Waals surface area contributed by atoms with Gasteiger partial charge in [0.05, 0.1) is 4.92 Å². The van der Waals surface area contributed by atoms with E-state index >= 15 is 0 Å². The van der Waals surface area contributed by atoms with Gasteiger partial charge in [0, 0.05) is 19.8 Å². The van der Waals surface area contributed by atoms with Crippen LogP contribution in [-0.2, 0) is 0 Å². The van der Waals surface area contributed by atoms with Crippen molar-refractivity contribution in [2.45, 2.75) is 0 Å². The Morgan fingerprint density at radius 1 is 1.37 bits per heavy atom. The van der Waals surface area contributed by atoms with Crippen LogP contribution in [0.5, 0.6) is 0 Å². The highest BCUT2D eigenvalue weighted by Crippen LogP contribution is 2.29. The molecule has 1 heterocycles. The summed E-state index contributed by atoms with van der Waals surface area (Å²) in [4.78, 5) is 14.4. The lowest BCUT2D eigenvalue weighted by Crippen LogP contribution is -2.00. The fraction of sp³-hybridized carbons (Fsp3) is 0. The third kappa shape index (κ3) is 3.54. The Morgan fingerprint density at radius 2 is 2.11 bits per heavy atom. The standard InChI is InChI=1S/C11H6BrClIN3O2/c12-7-2-1-6(5-8(7)14)15-11-9(17(18)19)3-4-10(13)16-11/h1-5H,(H,15,16). The number of anilines is 2. The molecule has 0 aliphatic rings. The average molecular weight is 454 g/mol. The molecule has 0 atom stereocenters. The number of pyridine rings is 1. The lowest BCUT2D eigenvalue weighted by molar-refractivity contribution is -0.384. The highest BCUT2D eigenvalue weighted by Gasteiger charge is 2.16. The molecule has 0 saturated heterocycles. The predicted octanol–water partition coefficient (Wildman–Crippen LogP) is 4.75. The number of aromatic nitrogens is 1. The third-order valence-electron chi connectivity index (χ3n) is 2.22. The van der Waals surface area contributed by atoms with Crippen molar-refractivity contribution in [2.75, 3.05) is 5.32 Å². The first-order valence-corrected chi connectivity index (χ1v) is 7.25. The molecular formula is C11H6BrClIN3O2. The van der Waals surface area contributed by atoms with Gasteiger partial charge in [-0.3, -0.25) is 10.1 Å². The number of halogens is 3. The SMILES string of the molecule is O=[N+]([O-])c1ccc(Cl)nc1Nc1ccc(Br)c(I)c1. The maximum absolute atomic E-state index is 10.9. The van der Waals surface area contributed by atoms with Gasteiger partial charge in [-0.25, -0.2) is 4.98 Å². The number of hydrogen-bond donors (Lipinski definition) is 1. The maximum Gasteiger partial charge on any atom is 0.311 e. The summed E-state index contributed by atoms with van der Waals surface area (Å²) in [5, 5.41) is 14.0. The lowest BCUT2D eigenvalue weighted by atomic mass is 10.3. The van der Waals surface area contributed by atoms with Gasteiger partial charge in [0.2, 0.25) is 5.82 Å². The predicted molar refractivity (Wildman–Crippen MR) is 86.0 cm³/mol. The Labute approximate surface area is 135 Å². The molecule has 1 aromatic heterocycles. The molecule has 5 nitrogen and oxygen atoms in total. The summed E-state index contributed by atoms with van der Waals surface area (Å²) in [5.41, 5.74) is 0.577. The number of benzene rings is 1. The molecule has 0 aliphatic carbocycles. The van der Waals surface area contributed by atoms with Gasteiger partial charge in [-0.15, -0.1) is 0 Å². The molecule has 0 aliphatic heterocycles. The zero-order chi connectivity index (χ0) is 14.0. The Balaban J connectivity index is 2.39. The molecule has 0 unspecified atom stereocenters. The first kappa shape index (κ1) is 14.5. The van der Waals surface area contributed by atoms with Crippen LogP contribution >= 0.6 is 50.1 Å². The Morgan fingerprint density at radius 3 is 2.74 bits per heavy atom. The van der Waals surface area contributed by atoms with Crippen LogP contribution in [0.15, 0.2) is 34.8 Å². The molecule has 0 amide bonds. The zero-order valence-corrected chi connectivity index (χ0v) is 13.7. The quantitative estimate of drug-likeness (QED) is 0.315. The van der Waals surface area contributed by atoms with Crippen molar-refractivity contribution in [2.24, 2.45) is 0 Å². The summed E-state index contributed by atoms with van der Waals surface area (Å²) in [6.07, 6.45) is 0. The zero-order valence-electron chi connectivity index (χ0n) is 9.23. The Hall–Kier alpha value is -0.930. The van der Waals surface area contributed by atoms with Gasteiger partial charge in [-0.2, -0.15) is 0 Å². The summed E-state index contributed by atoms with van der Waals surface area (Å²) in [6, 6.07) is 8.19. The van der Waals surface area contributed by atoms with Gasteiger partial charge < -0.3 is 5.32 Å². The van der Waals surface area contributed by atoms with Crippen LogP contribution in [0.4, 0.5) is 17.2 Å². The van der Waals surface area contributed by atoms with Crippen LogP contribution < -0.4 is 5.32 Å². The minimum Gasteiger partial charge on any atom is -0.334 e. The van der Waals surface area contributed by atoms with E-state index in [1.165, 1.54) is 12.1 Å². The molecule has 0 saturated carbocycles. The molecule has 2 aromatic rings. The number of nitro groups is 1. The monoisotopic (exact) mass is 453 g/mol. The summed E-state index contributed by atoms with van der Waals surface area (Å²) in [5.74, 6) is 0.121. The highest BCUT2D eigenvalue weighted by molar-refractivity contribution is 14.1. The van der Waals surface area contributed by atoms with E-state index in [-0.39, 0.29) is 16.7 Å². The normalized spacial score (nSPS) is 10.3. The van der Waals surface area contributed by atoms with Gasteiger partial charge in [0.1, 0.15) is 5.15 Å². The van der Waals surface area contributed by atoms with Crippen molar-refractivity contribution in [3.8, 4) is 0 Å². The molecule has 98 valence electrons. The largest absolute Gasteiger partial charge is 0.334 e. The van der Waals surface area contributed by atoms with Crippen molar-refractivity contribution in [1.29, 1.82) is 0 Å². The summed E-state index contributed by atoms with van der Waals surface area (Å²) < 4.78 is 1.93. The van der Waals surface area contributed by atoms with E-state index < -0.39 is 4.92 Å². The van der Waals surface area contributed by atoms with Crippen LogP contribution in [0, 0.1) is 13.7 Å². The summed E-state index contributed by atoms with van der Waals surface area (Å²) in [7, 11) is 0.